The first kappa shape index (κ1) is 27.9. The van der Waals surface area contributed by atoms with Crippen LogP contribution in [0.1, 0.15) is 40.0 Å². The lowest BCUT2D eigenvalue weighted by Gasteiger charge is -2.20. The maximum Gasteiger partial charge on any atom is 0.255 e. The fraction of sp³-hybridized carbons (Fsp3) is 0.0769. The molecule has 0 unspecified atom stereocenters. The second kappa shape index (κ2) is 15.3. The zero-order valence-corrected chi connectivity index (χ0v) is 33.6. The molecule has 7 heteroatoms. The molecule has 3 aromatic heterocycles. The molecule has 0 atom stereocenters. The Morgan fingerprint density at radius 3 is 2.07 bits per heavy atom. The Bertz CT molecular complexity index is 3610. The zero-order chi connectivity index (χ0) is 48.1. The highest BCUT2D eigenvalue weighted by Crippen LogP contribution is 2.38. The first-order chi connectivity index (χ1) is 32.4. The number of hydrogen-bond acceptors (Lipinski definition) is 2. The van der Waals surface area contributed by atoms with Crippen molar-refractivity contribution in [2.75, 3.05) is 0 Å². The minimum atomic E-state index is -0.562. The van der Waals surface area contributed by atoms with Crippen LogP contribution in [0.3, 0.4) is 0 Å². The van der Waals surface area contributed by atoms with E-state index in [-0.39, 0.29) is 45.8 Å². The summed E-state index contributed by atoms with van der Waals surface area (Å²) in [5.74, 6) is 1.85. The van der Waals surface area contributed by atoms with Gasteiger partial charge < -0.3 is 17.1 Å². The van der Waals surface area contributed by atoms with Crippen LogP contribution >= 0.6 is 11.6 Å². The third kappa shape index (κ3) is 6.93. The van der Waals surface area contributed by atoms with Gasteiger partial charge in [0.2, 0.25) is 0 Å². The number of para-hydroxylation sites is 3. The molecule has 0 aliphatic rings. The zero-order valence-electron chi connectivity index (χ0n) is 42.1. The molecule has 0 amide bonds. The summed E-state index contributed by atoms with van der Waals surface area (Å²) in [4.78, 5) is 4.81. The smallest absolute Gasteiger partial charge is 0.255 e. The first-order valence-corrected chi connectivity index (χ1v) is 19.1. The van der Waals surface area contributed by atoms with Crippen LogP contribution in [-0.2, 0) is 5.41 Å². The highest BCUT2D eigenvalue weighted by atomic mass is 35.5. The SMILES string of the molecule is [2H]c1c([2H])c([2H])c(-c2cccc(-c3c([2H])c([2H])c([2H])c([2H])c3[2H])c2-[n+]2cn(-c3cccc(Oc4ccc5c6cc(Cl)ccc6n(-c6cc(C(C)(C)C)ccn6)c5c4)c3)c3ccccc32)c([2H])c1[2H].[Cl-]. The molecule has 288 valence electrons. The number of rotatable bonds is 7. The number of fused-ring (bicyclic) bond motifs is 4. The number of aromatic nitrogens is 4. The third-order valence-corrected chi connectivity index (χ3v) is 10.6. The van der Waals surface area contributed by atoms with E-state index in [1.807, 2.05) is 102 Å². The molecule has 10 rings (SSSR count). The predicted octanol–water partition coefficient (Wildman–Crippen LogP) is 10.5. The minimum absolute atomic E-state index is 0. The van der Waals surface area contributed by atoms with E-state index in [0.717, 1.165) is 33.2 Å². The highest BCUT2D eigenvalue weighted by molar-refractivity contribution is 6.32. The molecular weight excluding hydrogens is 768 g/mol. The van der Waals surface area contributed by atoms with Gasteiger partial charge in [-0.05, 0) is 88.8 Å². The van der Waals surface area contributed by atoms with E-state index in [4.69, 9.17) is 35.0 Å². The summed E-state index contributed by atoms with van der Waals surface area (Å²) in [6.45, 7) is 6.50. The molecule has 0 radical (unpaired) electrons. The minimum Gasteiger partial charge on any atom is -1.00 e. The second-order valence-corrected chi connectivity index (χ2v) is 15.4. The standard InChI is InChI=1S/C52H40ClN4O.ClH/c1-52(2,3)37-28-29-54-50(30-37)57-46-27-24-38(53)31-45(46)44-26-25-41(33-49(44)57)58-40-19-12-18-39(32-40)55-34-56(48-23-11-10-22-47(48)55)51-42(35-14-6-4-7-15-35)20-13-21-43(51)36-16-8-5-9-17-36;/h4-34H,1-3H3;1H/q+1;/p-1/i4D,5D,6D,7D,8D,9D,14D,15D,16D,17D;. The number of hydrogen-bond donors (Lipinski definition) is 0. The van der Waals surface area contributed by atoms with Crippen molar-refractivity contribution in [3.05, 3.63) is 199 Å². The number of halogens is 2. The Balaban J connectivity index is 0.00000593. The van der Waals surface area contributed by atoms with Crippen molar-refractivity contribution in [1.29, 1.82) is 0 Å². The summed E-state index contributed by atoms with van der Waals surface area (Å²) in [5, 5.41) is 2.56. The largest absolute Gasteiger partial charge is 1.00 e. The van der Waals surface area contributed by atoms with Crippen molar-refractivity contribution in [2.24, 2.45) is 0 Å². The van der Waals surface area contributed by atoms with E-state index >= 15 is 0 Å². The van der Waals surface area contributed by atoms with E-state index in [2.05, 4.69) is 31.4 Å². The Labute approximate surface area is 368 Å². The molecule has 0 N–H and O–H groups in total. The monoisotopic (exact) mass is 816 g/mol. The normalized spacial score (nSPS) is 14.0. The van der Waals surface area contributed by atoms with Gasteiger partial charge in [0.1, 0.15) is 28.7 Å². The molecular formula is C52H40Cl2N4O. The molecule has 59 heavy (non-hydrogen) atoms. The van der Waals surface area contributed by atoms with Gasteiger partial charge in [-0.3, -0.25) is 4.57 Å². The third-order valence-electron chi connectivity index (χ3n) is 10.3. The van der Waals surface area contributed by atoms with Crippen molar-refractivity contribution in [1.82, 2.24) is 14.1 Å². The van der Waals surface area contributed by atoms with Crippen molar-refractivity contribution in [3.63, 3.8) is 0 Å². The van der Waals surface area contributed by atoms with Crippen molar-refractivity contribution in [2.45, 2.75) is 26.2 Å². The lowest BCUT2D eigenvalue weighted by Crippen LogP contribution is -3.00. The summed E-state index contributed by atoms with van der Waals surface area (Å²) in [6, 6.07) is 30.5. The fourth-order valence-corrected chi connectivity index (χ4v) is 7.77. The van der Waals surface area contributed by atoms with Crippen LogP contribution in [0.5, 0.6) is 11.5 Å². The Kier molecular flexibility index (Phi) is 7.21. The first-order valence-electron chi connectivity index (χ1n) is 23.7. The summed E-state index contributed by atoms with van der Waals surface area (Å²) >= 11 is 6.54. The van der Waals surface area contributed by atoms with Gasteiger partial charge in [0, 0.05) is 45.3 Å². The van der Waals surface area contributed by atoms with Crippen LogP contribution < -0.4 is 21.7 Å². The Morgan fingerprint density at radius 1 is 0.644 bits per heavy atom. The van der Waals surface area contributed by atoms with Gasteiger partial charge in [-0.2, -0.15) is 9.13 Å². The molecule has 0 saturated heterocycles. The molecule has 0 fully saturated rings. The van der Waals surface area contributed by atoms with E-state index in [9.17, 15) is 0 Å². The molecule has 10 aromatic rings. The highest BCUT2D eigenvalue weighted by Gasteiger charge is 2.25. The Hall–Kier alpha value is -6.66. The van der Waals surface area contributed by atoms with Gasteiger partial charge in [0.15, 0.2) is 11.0 Å². The van der Waals surface area contributed by atoms with E-state index in [1.165, 1.54) is 0 Å². The average molecular weight is 818 g/mol. The van der Waals surface area contributed by atoms with Gasteiger partial charge in [-0.1, -0.05) is 129 Å². The van der Waals surface area contributed by atoms with Gasteiger partial charge in [0.25, 0.3) is 6.33 Å². The maximum absolute atomic E-state index is 9.00. The predicted molar refractivity (Wildman–Crippen MR) is 238 cm³/mol. The molecule has 3 heterocycles. The van der Waals surface area contributed by atoms with Gasteiger partial charge in [-0.25, -0.2) is 4.98 Å². The van der Waals surface area contributed by atoms with Crippen LogP contribution in [0.2, 0.25) is 5.02 Å². The topological polar surface area (TPSA) is 35.9 Å². The number of imidazole rings is 1. The molecule has 5 nitrogen and oxygen atoms in total. The van der Waals surface area contributed by atoms with Crippen LogP contribution in [0.15, 0.2) is 188 Å². The van der Waals surface area contributed by atoms with Gasteiger partial charge >= 0.3 is 0 Å². The van der Waals surface area contributed by atoms with Crippen molar-refractivity contribution >= 4 is 44.4 Å². The molecule has 0 saturated carbocycles. The van der Waals surface area contributed by atoms with Gasteiger partial charge in [0.05, 0.1) is 24.7 Å². The molecule has 0 aliphatic carbocycles. The van der Waals surface area contributed by atoms with Crippen LogP contribution in [0.4, 0.5) is 0 Å². The fourth-order valence-electron chi connectivity index (χ4n) is 7.59. The maximum atomic E-state index is 9.00. The molecule has 7 aromatic carbocycles. The molecule has 0 bridgehead atoms. The van der Waals surface area contributed by atoms with E-state index < -0.39 is 60.4 Å². The van der Waals surface area contributed by atoms with Crippen molar-refractivity contribution < 1.29 is 35.4 Å². The van der Waals surface area contributed by atoms with Crippen LogP contribution in [-0.4, -0.2) is 14.1 Å². The molecule has 0 aliphatic heterocycles. The van der Waals surface area contributed by atoms with Crippen LogP contribution in [0, 0.1) is 0 Å². The van der Waals surface area contributed by atoms with E-state index in [1.54, 1.807) is 29.1 Å². The van der Waals surface area contributed by atoms with Crippen molar-refractivity contribution in [3.8, 4) is 50.9 Å². The number of nitrogens with zero attached hydrogens (tertiary/aromatic N) is 4. The van der Waals surface area contributed by atoms with Crippen LogP contribution in [0.25, 0.3) is 72.3 Å². The summed E-state index contributed by atoms with van der Waals surface area (Å²) < 4.78 is 99.3. The average Bonchev–Trinajstić information content (AvgIpc) is 3.87. The Morgan fingerprint density at radius 2 is 1.34 bits per heavy atom. The number of pyridine rings is 1. The number of benzene rings is 7. The second-order valence-electron chi connectivity index (χ2n) is 15.0. The number of ether oxygens (including phenoxy) is 1. The van der Waals surface area contributed by atoms with E-state index in [0.29, 0.717) is 33.2 Å². The molecule has 0 spiro atoms. The lowest BCUT2D eigenvalue weighted by molar-refractivity contribution is -0.566. The summed E-state index contributed by atoms with van der Waals surface area (Å²) in [7, 11) is 0. The van der Waals surface area contributed by atoms with Gasteiger partial charge in [-0.15, -0.1) is 0 Å². The summed E-state index contributed by atoms with van der Waals surface area (Å²) in [5.41, 5.74) is 5.21. The summed E-state index contributed by atoms with van der Waals surface area (Å²) in [6.07, 6.45) is 3.60. The lowest BCUT2D eigenvalue weighted by atomic mass is 9.88. The quantitative estimate of drug-likeness (QED) is 0.150.